The van der Waals surface area contributed by atoms with Crippen molar-refractivity contribution in [3.8, 4) is 11.8 Å². The Morgan fingerprint density at radius 3 is 2.87 bits per heavy atom. The lowest BCUT2D eigenvalue weighted by Gasteiger charge is -2.15. The van der Waals surface area contributed by atoms with E-state index in [1.165, 1.54) is 23.1 Å². The van der Waals surface area contributed by atoms with Crippen molar-refractivity contribution < 1.29 is 23.1 Å². The number of amides is 1. The fraction of sp³-hybridized carbons (Fsp3) is 0.385. The zero-order valence-electron chi connectivity index (χ0n) is 12.1. The molecule has 0 aromatic heterocycles. The number of ether oxygens (including phenoxy) is 1. The fourth-order valence-electron chi connectivity index (χ4n) is 2.36. The molecule has 1 aromatic carbocycles. The Balaban J connectivity index is 2.07. The summed E-state index contributed by atoms with van der Waals surface area (Å²) in [5.41, 5.74) is 0.0562. The van der Waals surface area contributed by atoms with Crippen LogP contribution in [-0.4, -0.2) is 44.2 Å². The van der Waals surface area contributed by atoms with Gasteiger partial charge >= 0.3 is 6.09 Å². The first-order chi connectivity index (χ1) is 10.8. The second kappa shape index (κ2) is 6.72. The minimum atomic E-state index is -4.00. The molecule has 1 aliphatic heterocycles. The summed E-state index contributed by atoms with van der Waals surface area (Å²) in [6, 6.07) is 6.35. The monoisotopic (exact) mass is 340 g/mol. The Morgan fingerprint density at radius 2 is 2.30 bits per heavy atom. The smallest absolute Gasteiger partial charge is 0.407 e. The van der Waals surface area contributed by atoms with E-state index in [1.54, 1.807) is 0 Å². The van der Waals surface area contributed by atoms with Gasteiger partial charge in [0.2, 0.25) is 0 Å². The van der Waals surface area contributed by atoms with Crippen LogP contribution in [0.25, 0.3) is 0 Å². The average molecular weight is 340 g/mol. The maximum Gasteiger partial charge on any atom is 0.407 e. The highest BCUT2D eigenvalue weighted by molar-refractivity contribution is 7.90. The Bertz CT molecular complexity index is 743. The van der Waals surface area contributed by atoms with E-state index in [-0.39, 0.29) is 29.5 Å². The van der Waals surface area contributed by atoms with E-state index in [2.05, 4.69) is 4.72 Å². The number of hydrogen-bond acceptors (Lipinski definition) is 5. The molecule has 1 heterocycles. The van der Waals surface area contributed by atoms with Crippen molar-refractivity contribution in [3.05, 3.63) is 23.8 Å². The lowest BCUT2D eigenvalue weighted by atomic mass is 10.1. The number of rotatable bonds is 5. The van der Waals surface area contributed by atoms with Crippen molar-refractivity contribution >= 4 is 22.0 Å². The van der Waals surface area contributed by atoms with Crippen molar-refractivity contribution in [1.82, 2.24) is 4.90 Å². The van der Waals surface area contributed by atoms with Crippen molar-refractivity contribution in [2.75, 3.05) is 24.4 Å². The number of carboxylic acid groups (broad SMARTS) is 1. The third kappa shape index (κ3) is 4.48. The highest BCUT2D eigenvalue weighted by atomic mass is 32.2. The van der Waals surface area contributed by atoms with Gasteiger partial charge in [-0.2, -0.15) is 13.7 Å². The number of anilines is 1. The van der Waals surface area contributed by atoms with E-state index in [9.17, 15) is 18.5 Å². The molecule has 1 atom stereocenters. The van der Waals surface area contributed by atoms with Gasteiger partial charge in [0, 0.05) is 19.0 Å². The first-order valence-electron chi connectivity index (χ1n) is 6.74. The van der Waals surface area contributed by atoms with Gasteiger partial charge in [-0.05, 0) is 18.6 Å². The standard InChI is InChI=1S/C13H16N4O5S/c14-6-10-11(16-23(15,20)21)2-1-3-12(10)22-8-9-4-5-17(7-9)13(18)19/h1-3,9,16H,4-5,7-8H2,(H,18,19)(H2,15,20,21). The number of benzene rings is 1. The van der Waals surface area contributed by atoms with Gasteiger partial charge in [0.15, 0.2) is 0 Å². The molecule has 2 rings (SSSR count). The predicted octanol–water partition coefficient (Wildman–Crippen LogP) is 0.552. The summed E-state index contributed by atoms with van der Waals surface area (Å²) in [5.74, 6) is 0.238. The molecule has 23 heavy (non-hydrogen) atoms. The fourth-order valence-corrected chi connectivity index (χ4v) is 2.83. The molecular formula is C13H16N4O5S. The average Bonchev–Trinajstić information content (AvgIpc) is 2.92. The van der Waals surface area contributed by atoms with E-state index in [0.717, 1.165) is 0 Å². The predicted molar refractivity (Wildman–Crippen MR) is 81.1 cm³/mol. The Morgan fingerprint density at radius 1 is 1.57 bits per heavy atom. The van der Waals surface area contributed by atoms with Crippen molar-refractivity contribution in [2.24, 2.45) is 11.1 Å². The molecule has 0 radical (unpaired) electrons. The quantitative estimate of drug-likeness (QED) is 0.713. The van der Waals surface area contributed by atoms with Crippen molar-refractivity contribution in [2.45, 2.75) is 6.42 Å². The van der Waals surface area contributed by atoms with Gasteiger partial charge in [-0.25, -0.2) is 9.93 Å². The third-order valence-electron chi connectivity index (χ3n) is 3.42. The number of hydrogen-bond donors (Lipinski definition) is 3. The van der Waals surface area contributed by atoms with Crippen LogP contribution < -0.4 is 14.6 Å². The van der Waals surface area contributed by atoms with E-state index >= 15 is 0 Å². The van der Waals surface area contributed by atoms with E-state index in [1.807, 2.05) is 6.07 Å². The van der Waals surface area contributed by atoms with Gasteiger partial charge in [0.1, 0.15) is 17.4 Å². The molecule has 1 aromatic rings. The van der Waals surface area contributed by atoms with Gasteiger partial charge in [0.05, 0.1) is 12.3 Å². The first-order valence-corrected chi connectivity index (χ1v) is 8.29. The molecule has 1 unspecified atom stereocenters. The summed E-state index contributed by atoms with van der Waals surface area (Å²) < 4.78 is 29.8. The lowest BCUT2D eigenvalue weighted by molar-refractivity contribution is 0.151. The molecule has 124 valence electrons. The Kier molecular flexibility index (Phi) is 4.92. The zero-order chi connectivity index (χ0) is 17.0. The highest BCUT2D eigenvalue weighted by Crippen LogP contribution is 2.27. The van der Waals surface area contributed by atoms with Crippen LogP contribution in [0.1, 0.15) is 12.0 Å². The number of carbonyl (C=O) groups is 1. The SMILES string of the molecule is N#Cc1c(NS(N)(=O)=O)cccc1OCC1CCN(C(=O)O)C1. The Hall–Kier alpha value is -2.51. The molecule has 9 nitrogen and oxygen atoms in total. The number of likely N-dealkylation sites (tertiary alicyclic amines) is 1. The van der Waals surface area contributed by atoms with Crippen LogP contribution in [0.15, 0.2) is 18.2 Å². The number of nitrogens with zero attached hydrogens (tertiary/aromatic N) is 2. The van der Waals surface area contributed by atoms with Crippen LogP contribution in [0.3, 0.4) is 0 Å². The van der Waals surface area contributed by atoms with Gasteiger partial charge in [0.25, 0.3) is 10.2 Å². The van der Waals surface area contributed by atoms with E-state index < -0.39 is 16.3 Å². The van der Waals surface area contributed by atoms with Crippen LogP contribution in [0.2, 0.25) is 0 Å². The molecule has 0 spiro atoms. The number of nitriles is 1. The highest BCUT2D eigenvalue weighted by Gasteiger charge is 2.26. The van der Waals surface area contributed by atoms with Crippen LogP contribution >= 0.6 is 0 Å². The molecule has 1 amide bonds. The molecular weight excluding hydrogens is 324 g/mol. The summed E-state index contributed by atoms with van der Waals surface area (Å²) in [7, 11) is -4.00. The summed E-state index contributed by atoms with van der Waals surface area (Å²) in [4.78, 5) is 12.2. The van der Waals surface area contributed by atoms with Gasteiger partial charge in [-0.1, -0.05) is 6.07 Å². The van der Waals surface area contributed by atoms with E-state index in [4.69, 9.17) is 15.0 Å². The summed E-state index contributed by atoms with van der Waals surface area (Å²) in [6.07, 6.45) is -0.298. The van der Waals surface area contributed by atoms with E-state index in [0.29, 0.717) is 19.5 Å². The van der Waals surface area contributed by atoms with Crippen LogP contribution in [0.5, 0.6) is 5.75 Å². The largest absolute Gasteiger partial charge is 0.492 e. The third-order valence-corrected chi connectivity index (χ3v) is 3.93. The number of nitrogens with one attached hydrogen (secondary N) is 1. The summed E-state index contributed by atoms with van der Waals surface area (Å²) in [5, 5.41) is 23.0. The zero-order valence-corrected chi connectivity index (χ0v) is 12.9. The molecule has 1 aliphatic rings. The van der Waals surface area contributed by atoms with Crippen LogP contribution in [0.4, 0.5) is 10.5 Å². The lowest BCUT2D eigenvalue weighted by Crippen LogP contribution is -2.27. The van der Waals surface area contributed by atoms with Crippen molar-refractivity contribution in [3.63, 3.8) is 0 Å². The maximum atomic E-state index is 11.1. The molecule has 0 saturated carbocycles. The van der Waals surface area contributed by atoms with Crippen LogP contribution in [0, 0.1) is 17.2 Å². The normalized spacial score (nSPS) is 17.6. The second-order valence-electron chi connectivity index (χ2n) is 5.13. The minimum absolute atomic E-state index is 0.0208. The molecule has 4 N–H and O–H groups in total. The topological polar surface area (TPSA) is 146 Å². The first kappa shape index (κ1) is 16.9. The molecule has 0 bridgehead atoms. The molecule has 10 heteroatoms. The molecule has 1 fully saturated rings. The van der Waals surface area contributed by atoms with Crippen molar-refractivity contribution in [1.29, 1.82) is 5.26 Å². The van der Waals surface area contributed by atoms with Gasteiger partial charge < -0.3 is 14.7 Å². The second-order valence-corrected chi connectivity index (χ2v) is 6.43. The van der Waals surface area contributed by atoms with Gasteiger partial charge in [-0.15, -0.1) is 0 Å². The Labute approximate surface area is 133 Å². The van der Waals surface area contributed by atoms with Gasteiger partial charge in [-0.3, -0.25) is 4.72 Å². The molecule has 0 aliphatic carbocycles. The van der Waals surface area contributed by atoms with Crippen LogP contribution in [-0.2, 0) is 10.2 Å². The molecule has 1 saturated heterocycles. The maximum absolute atomic E-state index is 11.1. The minimum Gasteiger partial charge on any atom is -0.492 e. The number of nitrogens with two attached hydrogens (primary N) is 1. The summed E-state index contributed by atoms with van der Waals surface area (Å²) in [6.45, 7) is 1.05. The summed E-state index contributed by atoms with van der Waals surface area (Å²) >= 11 is 0.